The summed E-state index contributed by atoms with van der Waals surface area (Å²) in [4.78, 5) is 8.00. The van der Waals surface area contributed by atoms with Gasteiger partial charge < -0.3 is 9.90 Å². The highest BCUT2D eigenvalue weighted by Crippen LogP contribution is 1.81. The molecule has 0 aromatic heterocycles. The predicted octanol–water partition coefficient (Wildman–Crippen LogP) is 1.17. The van der Waals surface area contributed by atoms with Gasteiger partial charge in [-0.2, -0.15) is 0 Å². The number of hydrogen-bond donors (Lipinski definition) is 1. The molecule has 0 atom stereocenters. The molecule has 0 aromatic carbocycles. The van der Waals surface area contributed by atoms with Crippen LogP contribution in [0.25, 0.3) is 0 Å². The van der Waals surface area contributed by atoms with E-state index in [0.29, 0.717) is 0 Å². The number of aliphatic hydroxyl groups excluding tert-OH is 1. The van der Waals surface area contributed by atoms with E-state index in [0.717, 1.165) is 12.7 Å². The Kier molecular flexibility index (Phi) is 47.9. The number of hydrogen-bond acceptors (Lipinski definition) is 2. The minimum absolute atomic E-state index is 1.00. The van der Waals surface area contributed by atoms with Crippen LogP contribution in [0.2, 0.25) is 0 Å². The second-order valence-electron chi connectivity index (χ2n) is 1.05. The first-order chi connectivity index (χ1) is 4.27. The fraction of sp³-hybridized carbons (Fsp3) is 0.286. The van der Waals surface area contributed by atoms with E-state index in [2.05, 4.69) is 13.2 Å². The molecule has 0 bridgehead atoms. The van der Waals surface area contributed by atoms with Crippen LogP contribution in [0.4, 0.5) is 0 Å². The van der Waals surface area contributed by atoms with Crippen LogP contribution in [-0.2, 0) is 4.79 Å². The topological polar surface area (TPSA) is 37.3 Å². The maximum absolute atomic E-state index is 8.00. The van der Waals surface area contributed by atoms with E-state index >= 15 is 0 Å². The van der Waals surface area contributed by atoms with Gasteiger partial charge in [0.1, 0.15) is 6.79 Å². The Labute approximate surface area is 56.5 Å². The van der Waals surface area contributed by atoms with Crippen LogP contribution in [0.3, 0.4) is 0 Å². The van der Waals surface area contributed by atoms with Crippen LogP contribution in [0.15, 0.2) is 24.8 Å². The molecule has 0 aromatic rings. The van der Waals surface area contributed by atoms with Gasteiger partial charge in [0.2, 0.25) is 0 Å². The maximum Gasteiger partial charge on any atom is 0.106 e. The first-order valence-electron chi connectivity index (χ1n) is 2.29. The lowest BCUT2D eigenvalue weighted by Crippen LogP contribution is -1.50. The third-order valence-electron chi connectivity index (χ3n) is 0.348. The van der Waals surface area contributed by atoms with Crippen molar-refractivity contribution in [3.8, 4) is 0 Å². The molecule has 0 unspecified atom stereocenters. The van der Waals surface area contributed by atoms with E-state index in [4.69, 9.17) is 9.90 Å². The second kappa shape index (κ2) is 27.4. The van der Waals surface area contributed by atoms with E-state index in [9.17, 15) is 0 Å². The number of aliphatic hydroxyl groups is 1. The zero-order valence-electron chi connectivity index (χ0n) is 6.05. The molecule has 0 saturated carbocycles. The molecule has 0 saturated heterocycles. The summed E-state index contributed by atoms with van der Waals surface area (Å²) in [7, 11) is 1.00. The molecule has 0 aliphatic heterocycles. The summed E-state index contributed by atoms with van der Waals surface area (Å²) in [6, 6.07) is 0. The van der Waals surface area contributed by atoms with Gasteiger partial charge in [0.25, 0.3) is 0 Å². The third kappa shape index (κ3) is 151. The van der Waals surface area contributed by atoms with Gasteiger partial charge in [0, 0.05) is 7.11 Å². The highest BCUT2D eigenvalue weighted by atomic mass is 16.2. The highest BCUT2D eigenvalue weighted by molar-refractivity contribution is 5.11. The molecule has 2 heteroatoms. The lowest BCUT2D eigenvalue weighted by Gasteiger charge is -1.71. The number of rotatable bonds is 1. The molecule has 0 rings (SSSR count). The molecule has 0 spiro atoms. The van der Waals surface area contributed by atoms with Gasteiger partial charge in [0.15, 0.2) is 0 Å². The predicted molar refractivity (Wildman–Crippen MR) is 40.3 cm³/mol. The van der Waals surface area contributed by atoms with Gasteiger partial charge in [-0.05, 0) is 6.92 Å². The highest BCUT2D eigenvalue weighted by Gasteiger charge is 1.59. The number of carbonyl (C=O) groups excluding carboxylic acids is 1. The van der Waals surface area contributed by atoms with Crippen LogP contribution in [0.5, 0.6) is 0 Å². The third-order valence-corrected chi connectivity index (χ3v) is 0.348. The Morgan fingerprint density at radius 2 is 1.56 bits per heavy atom. The lowest BCUT2D eigenvalue weighted by molar-refractivity contribution is -0.0979. The Morgan fingerprint density at radius 1 is 1.44 bits per heavy atom. The van der Waals surface area contributed by atoms with Crippen LogP contribution in [-0.4, -0.2) is 19.0 Å². The van der Waals surface area contributed by atoms with Crippen molar-refractivity contribution >= 4 is 6.79 Å². The summed E-state index contributed by atoms with van der Waals surface area (Å²) >= 11 is 0. The Balaban J connectivity index is -0.0000000771. The summed E-state index contributed by atoms with van der Waals surface area (Å²) in [6.07, 6.45) is 1.72. The molecular formula is C7H14O2. The summed E-state index contributed by atoms with van der Waals surface area (Å²) in [5, 5.41) is 7.00. The Morgan fingerprint density at radius 3 is 1.56 bits per heavy atom. The van der Waals surface area contributed by atoms with Crippen LogP contribution >= 0.6 is 0 Å². The molecule has 54 valence electrons. The minimum Gasteiger partial charge on any atom is -0.400 e. The maximum atomic E-state index is 8.00. The molecule has 1 N–H and O–H groups in total. The summed E-state index contributed by atoms with van der Waals surface area (Å²) in [5.41, 5.74) is 1.02. The Hall–Kier alpha value is -0.890. The quantitative estimate of drug-likeness (QED) is 0.541. The molecule has 0 fully saturated rings. The van der Waals surface area contributed by atoms with E-state index in [1.54, 1.807) is 6.08 Å². The summed E-state index contributed by atoms with van der Waals surface area (Å²) in [6.45, 7) is 10.9. The molecule has 0 amide bonds. The van der Waals surface area contributed by atoms with Crippen molar-refractivity contribution in [2.24, 2.45) is 0 Å². The monoisotopic (exact) mass is 130 g/mol. The standard InChI is InChI=1S/C5H8.CH4O.CH2O/c1-4-5(2)3;2*1-2/h4H,1-2H2,3H3;2H,1H3;1H2. The molecule has 0 aliphatic rings. The van der Waals surface area contributed by atoms with Crippen LogP contribution in [0.1, 0.15) is 6.92 Å². The fourth-order valence-corrected chi connectivity index (χ4v) is 0. The first kappa shape index (κ1) is 15.7. The normalized spacial score (nSPS) is 4.78. The van der Waals surface area contributed by atoms with Crippen molar-refractivity contribution in [2.75, 3.05) is 7.11 Å². The van der Waals surface area contributed by atoms with E-state index in [1.807, 2.05) is 13.7 Å². The SMILES string of the molecule is C=CC(=C)C.C=O.CO. The average Bonchev–Trinajstić information content (AvgIpc) is 1.97. The molecule has 2 nitrogen and oxygen atoms in total. The van der Waals surface area contributed by atoms with E-state index in [1.165, 1.54) is 0 Å². The van der Waals surface area contributed by atoms with Crippen molar-refractivity contribution in [1.82, 2.24) is 0 Å². The van der Waals surface area contributed by atoms with Gasteiger partial charge >= 0.3 is 0 Å². The van der Waals surface area contributed by atoms with Gasteiger partial charge in [-0.15, -0.1) is 0 Å². The molecule has 0 heterocycles. The minimum atomic E-state index is 1.00. The number of allylic oxidation sites excluding steroid dienone is 2. The largest absolute Gasteiger partial charge is 0.400 e. The summed E-state index contributed by atoms with van der Waals surface area (Å²) in [5.74, 6) is 0. The zero-order valence-corrected chi connectivity index (χ0v) is 6.05. The number of carbonyl (C=O) groups is 1. The van der Waals surface area contributed by atoms with Gasteiger partial charge in [-0.1, -0.05) is 24.8 Å². The van der Waals surface area contributed by atoms with Gasteiger partial charge in [0.05, 0.1) is 0 Å². The fourth-order valence-electron chi connectivity index (χ4n) is 0. The van der Waals surface area contributed by atoms with Crippen LogP contribution in [0, 0.1) is 0 Å². The van der Waals surface area contributed by atoms with Crippen molar-refractivity contribution in [1.29, 1.82) is 0 Å². The molecule has 9 heavy (non-hydrogen) atoms. The second-order valence-corrected chi connectivity index (χ2v) is 1.05. The average molecular weight is 130 g/mol. The van der Waals surface area contributed by atoms with Crippen molar-refractivity contribution in [3.63, 3.8) is 0 Å². The van der Waals surface area contributed by atoms with Crippen LogP contribution < -0.4 is 0 Å². The van der Waals surface area contributed by atoms with Gasteiger partial charge in [-0.3, -0.25) is 0 Å². The van der Waals surface area contributed by atoms with E-state index < -0.39 is 0 Å². The van der Waals surface area contributed by atoms with Crippen molar-refractivity contribution < 1.29 is 9.90 Å². The lowest BCUT2D eigenvalue weighted by atomic mass is 10.4. The molecule has 0 aliphatic carbocycles. The zero-order chi connectivity index (χ0) is 8.28. The Bertz CT molecular complexity index is 67.3. The first-order valence-corrected chi connectivity index (χ1v) is 2.29. The van der Waals surface area contributed by atoms with Crippen molar-refractivity contribution in [3.05, 3.63) is 24.8 Å². The molecular weight excluding hydrogens is 116 g/mol. The summed E-state index contributed by atoms with van der Waals surface area (Å²) < 4.78 is 0. The smallest absolute Gasteiger partial charge is 0.106 e. The molecule has 0 radical (unpaired) electrons. The van der Waals surface area contributed by atoms with Crippen molar-refractivity contribution in [2.45, 2.75) is 6.92 Å². The van der Waals surface area contributed by atoms with Gasteiger partial charge in [-0.25, -0.2) is 0 Å². The van der Waals surface area contributed by atoms with E-state index in [-0.39, 0.29) is 0 Å².